The van der Waals surface area contributed by atoms with E-state index >= 15 is 0 Å². The molecule has 0 spiro atoms. The lowest BCUT2D eigenvalue weighted by atomic mass is 9.78. The highest BCUT2D eigenvalue weighted by atomic mass is 14.3. The van der Waals surface area contributed by atoms with E-state index in [0.717, 1.165) is 11.8 Å². The van der Waals surface area contributed by atoms with Crippen LogP contribution in [0.4, 0.5) is 0 Å². The third-order valence-electron chi connectivity index (χ3n) is 6.38. The molecule has 0 amide bonds. The Kier molecular flexibility index (Phi) is 21.3. The zero-order valence-corrected chi connectivity index (χ0v) is 19.3. The molecule has 0 saturated carbocycles. The van der Waals surface area contributed by atoms with Gasteiger partial charge in [-0.3, -0.25) is 0 Å². The fourth-order valence-corrected chi connectivity index (χ4v) is 4.56. The fourth-order valence-electron chi connectivity index (χ4n) is 4.56. The van der Waals surface area contributed by atoms with Crippen LogP contribution in [0, 0.1) is 11.8 Å². The van der Waals surface area contributed by atoms with Gasteiger partial charge >= 0.3 is 0 Å². The molecule has 0 fully saturated rings. The van der Waals surface area contributed by atoms with Crippen molar-refractivity contribution in [1.82, 2.24) is 0 Å². The molecule has 2 unspecified atom stereocenters. The van der Waals surface area contributed by atoms with E-state index in [4.69, 9.17) is 0 Å². The van der Waals surface area contributed by atoms with E-state index < -0.39 is 0 Å². The van der Waals surface area contributed by atoms with E-state index in [1.807, 2.05) is 0 Å². The van der Waals surface area contributed by atoms with Crippen LogP contribution < -0.4 is 0 Å². The quantitative estimate of drug-likeness (QED) is 0.177. The van der Waals surface area contributed by atoms with Crippen molar-refractivity contribution in [3.8, 4) is 0 Å². The molecule has 0 rings (SSSR count). The molecule has 0 radical (unpaired) electrons. The van der Waals surface area contributed by atoms with Crippen LogP contribution in [0.5, 0.6) is 0 Å². The van der Waals surface area contributed by atoms with Crippen molar-refractivity contribution in [3.63, 3.8) is 0 Å². The zero-order chi connectivity index (χ0) is 19.3. The first kappa shape index (κ1) is 26.0. The van der Waals surface area contributed by atoms with Crippen molar-refractivity contribution in [3.05, 3.63) is 0 Å². The van der Waals surface area contributed by atoms with Crippen LogP contribution in [0.25, 0.3) is 0 Å². The van der Waals surface area contributed by atoms with Gasteiger partial charge in [0.1, 0.15) is 0 Å². The van der Waals surface area contributed by atoms with Gasteiger partial charge in [0.25, 0.3) is 0 Å². The first-order valence-corrected chi connectivity index (χ1v) is 12.8. The molecule has 0 bridgehead atoms. The molecule has 0 aromatic carbocycles. The fraction of sp³-hybridized carbons (Fsp3) is 1.00. The van der Waals surface area contributed by atoms with Gasteiger partial charge < -0.3 is 0 Å². The standard InChI is InChI=1S/C26H54/c1-5-9-13-15-19-23-25(21-17-11-7-3)26(22-18-12-8-4)24-20-16-14-10-6-2/h25-26H,5-24H2,1-4H3. The number of rotatable bonds is 21. The summed E-state index contributed by atoms with van der Waals surface area (Å²) < 4.78 is 0. The molecule has 0 aliphatic rings. The highest BCUT2D eigenvalue weighted by Gasteiger charge is 2.20. The Morgan fingerprint density at radius 2 is 0.538 bits per heavy atom. The van der Waals surface area contributed by atoms with E-state index in [1.54, 1.807) is 0 Å². The van der Waals surface area contributed by atoms with Gasteiger partial charge in [0.2, 0.25) is 0 Å². The molecule has 0 aliphatic carbocycles. The predicted octanol–water partition coefficient (Wildman–Crippen LogP) is 10.1. The van der Waals surface area contributed by atoms with Gasteiger partial charge in [-0.05, 0) is 11.8 Å². The van der Waals surface area contributed by atoms with Crippen molar-refractivity contribution < 1.29 is 0 Å². The lowest BCUT2D eigenvalue weighted by Crippen LogP contribution is -2.16. The molecule has 0 nitrogen and oxygen atoms in total. The minimum atomic E-state index is 1.03. The summed E-state index contributed by atoms with van der Waals surface area (Å²) in [7, 11) is 0. The van der Waals surface area contributed by atoms with E-state index in [0.29, 0.717) is 0 Å². The van der Waals surface area contributed by atoms with E-state index in [9.17, 15) is 0 Å². The largest absolute Gasteiger partial charge is 0.0654 e. The first-order chi connectivity index (χ1) is 12.8. The maximum absolute atomic E-state index is 2.35. The zero-order valence-electron chi connectivity index (χ0n) is 19.3. The Hall–Kier alpha value is 0. The van der Waals surface area contributed by atoms with Crippen LogP contribution in [0.3, 0.4) is 0 Å². The second-order valence-electron chi connectivity index (χ2n) is 8.92. The Balaban J connectivity index is 4.46. The molecule has 2 atom stereocenters. The molecule has 0 saturated heterocycles. The second kappa shape index (κ2) is 21.3. The number of hydrogen-bond donors (Lipinski definition) is 0. The molecule has 0 N–H and O–H groups in total. The van der Waals surface area contributed by atoms with Crippen LogP contribution in [0.1, 0.15) is 156 Å². The Bertz CT molecular complexity index is 218. The molecule has 0 aliphatic heterocycles. The summed E-state index contributed by atoms with van der Waals surface area (Å²) in [6.45, 7) is 9.37. The van der Waals surface area contributed by atoms with Gasteiger partial charge in [-0.15, -0.1) is 0 Å². The highest BCUT2D eigenvalue weighted by molar-refractivity contribution is 4.72. The summed E-state index contributed by atoms with van der Waals surface area (Å²) in [4.78, 5) is 0. The Morgan fingerprint density at radius 1 is 0.308 bits per heavy atom. The summed E-state index contributed by atoms with van der Waals surface area (Å²) in [6, 6.07) is 0. The molecule has 0 heterocycles. The first-order valence-electron chi connectivity index (χ1n) is 12.8. The Morgan fingerprint density at radius 3 is 0.846 bits per heavy atom. The molecular formula is C26H54. The molecule has 0 aromatic heterocycles. The van der Waals surface area contributed by atoms with Crippen molar-refractivity contribution in [2.24, 2.45) is 11.8 Å². The average Bonchev–Trinajstić information content (AvgIpc) is 2.65. The van der Waals surface area contributed by atoms with Crippen molar-refractivity contribution in [2.75, 3.05) is 0 Å². The van der Waals surface area contributed by atoms with Crippen molar-refractivity contribution in [2.45, 2.75) is 156 Å². The SMILES string of the molecule is CCCCCCCC(CCCCC)C(CCCCC)CCCCCCC. The summed E-state index contributed by atoms with van der Waals surface area (Å²) >= 11 is 0. The maximum atomic E-state index is 2.35. The highest BCUT2D eigenvalue weighted by Crippen LogP contribution is 2.33. The van der Waals surface area contributed by atoms with Gasteiger partial charge in [-0.25, -0.2) is 0 Å². The van der Waals surface area contributed by atoms with Crippen molar-refractivity contribution in [1.29, 1.82) is 0 Å². The van der Waals surface area contributed by atoms with Crippen LogP contribution >= 0.6 is 0 Å². The Labute approximate surface area is 168 Å². The summed E-state index contributed by atoms with van der Waals surface area (Å²) in [5.41, 5.74) is 0. The van der Waals surface area contributed by atoms with Crippen LogP contribution in [-0.2, 0) is 0 Å². The van der Waals surface area contributed by atoms with Crippen LogP contribution in [-0.4, -0.2) is 0 Å². The van der Waals surface area contributed by atoms with E-state index in [2.05, 4.69) is 27.7 Å². The topological polar surface area (TPSA) is 0 Å². The lowest BCUT2D eigenvalue weighted by Gasteiger charge is -2.28. The minimum absolute atomic E-state index is 1.03. The van der Waals surface area contributed by atoms with Gasteiger partial charge in [-0.2, -0.15) is 0 Å². The molecular weight excluding hydrogens is 312 g/mol. The molecule has 0 heteroatoms. The maximum Gasteiger partial charge on any atom is -0.0386 e. The van der Waals surface area contributed by atoms with E-state index in [1.165, 1.54) is 128 Å². The van der Waals surface area contributed by atoms with Gasteiger partial charge in [0, 0.05) is 0 Å². The molecule has 26 heavy (non-hydrogen) atoms. The summed E-state index contributed by atoms with van der Waals surface area (Å²) in [6.07, 6.45) is 29.2. The number of unbranched alkanes of at least 4 members (excludes halogenated alkanes) is 12. The van der Waals surface area contributed by atoms with Gasteiger partial charge in [-0.1, -0.05) is 156 Å². The van der Waals surface area contributed by atoms with Crippen molar-refractivity contribution >= 4 is 0 Å². The third-order valence-corrected chi connectivity index (χ3v) is 6.38. The summed E-state index contributed by atoms with van der Waals surface area (Å²) in [5, 5.41) is 0. The van der Waals surface area contributed by atoms with Crippen LogP contribution in [0.2, 0.25) is 0 Å². The molecule has 0 aromatic rings. The second-order valence-corrected chi connectivity index (χ2v) is 8.92. The average molecular weight is 367 g/mol. The predicted molar refractivity (Wildman–Crippen MR) is 122 cm³/mol. The number of hydrogen-bond acceptors (Lipinski definition) is 0. The summed E-state index contributed by atoms with van der Waals surface area (Å²) in [5.74, 6) is 2.07. The van der Waals surface area contributed by atoms with E-state index in [-0.39, 0.29) is 0 Å². The molecule has 158 valence electrons. The lowest BCUT2D eigenvalue weighted by molar-refractivity contribution is 0.237. The smallest absolute Gasteiger partial charge is 0.0386 e. The minimum Gasteiger partial charge on any atom is -0.0654 e. The van der Waals surface area contributed by atoms with Crippen LogP contribution in [0.15, 0.2) is 0 Å². The van der Waals surface area contributed by atoms with Gasteiger partial charge in [0.15, 0.2) is 0 Å². The normalized spacial score (nSPS) is 13.8. The van der Waals surface area contributed by atoms with Gasteiger partial charge in [0.05, 0.1) is 0 Å². The monoisotopic (exact) mass is 366 g/mol. The third kappa shape index (κ3) is 16.2.